The van der Waals surface area contributed by atoms with Crippen molar-refractivity contribution in [3.8, 4) is 0 Å². The van der Waals surface area contributed by atoms with Gasteiger partial charge in [0.25, 0.3) is 0 Å². The normalized spacial score (nSPS) is 5.00. The fourth-order valence-electron chi connectivity index (χ4n) is 0. The van der Waals surface area contributed by atoms with E-state index >= 15 is 0 Å². The fraction of sp³-hybridized carbons (Fsp3) is 0. The maximum absolute atomic E-state index is 8.56. The molecule has 0 rings (SSSR count). The molecule has 0 N–H and O–H groups in total. The Morgan fingerprint density at radius 2 is 1.25 bits per heavy atom. The van der Waals surface area contributed by atoms with E-state index in [1.807, 2.05) is 0 Å². The zero-order chi connectivity index (χ0) is 2.71. The average molecular weight is 307 g/mol. The van der Waals surface area contributed by atoms with Crippen molar-refractivity contribution in [1.82, 2.24) is 0 Å². The van der Waals surface area contributed by atoms with Crippen LogP contribution in [0.15, 0.2) is 0 Å². The third-order valence-corrected chi connectivity index (χ3v) is 0. The average Bonchev–Trinajstić information content (AvgIpc) is 0.918. The summed E-state index contributed by atoms with van der Waals surface area (Å²) < 4.78 is 17.1. The predicted octanol–water partition coefficient (Wildman–Crippen LogP) is -1.16. The topological polar surface area (TPSA) is 34.1 Å². The van der Waals surface area contributed by atoms with E-state index in [1.54, 1.807) is 0 Å². The van der Waals surface area contributed by atoms with Crippen LogP contribution in [0, 0.1) is 0 Å². The molecule has 0 saturated carbocycles. The predicted molar refractivity (Wildman–Crippen MR) is 9.92 cm³/mol. The van der Waals surface area contributed by atoms with E-state index in [0.29, 0.717) is 0 Å². The molecular formula is H2O2PbZn. The Kier molecular flexibility index (Phi) is 19.9. The van der Waals surface area contributed by atoms with Gasteiger partial charge in [0.1, 0.15) is 0 Å². The first-order chi connectivity index (χ1) is 1.41. The summed E-state index contributed by atoms with van der Waals surface area (Å²) in [7, 11) is 0. The molecule has 4 heteroatoms. The molecule has 0 aliphatic carbocycles. The van der Waals surface area contributed by atoms with E-state index < -0.39 is 17.0 Å². The van der Waals surface area contributed by atoms with E-state index in [4.69, 9.17) is 7.15 Å². The zero-order valence-corrected chi connectivity index (χ0v) is 10.7. The van der Waals surface area contributed by atoms with Gasteiger partial charge in [-0.05, 0) is 0 Å². The molecule has 0 saturated heterocycles. The second-order valence-electron chi connectivity index (χ2n) is 0.118. The van der Waals surface area contributed by atoms with Gasteiger partial charge in [-0.3, -0.25) is 0 Å². The fourth-order valence-corrected chi connectivity index (χ4v) is 0. The summed E-state index contributed by atoms with van der Waals surface area (Å²) in [4.78, 5) is 0. The number of hydrogen-bond acceptors (Lipinski definition) is 2. The Morgan fingerprint density at radius 3 is 1.25 bits per heavy atom. The summed E-state index contributed by atoms with van der Waals surface area (Å²) in [5, 5.41) is 0. The van der Waals surface area contributed by atoms with Gasteiger partial charge in [-0.1, -0.05) is 0 Å². The Balaban J connectivity index is 0. The molecule has 0 aliphatic heterocycles. The van der Waals surface area contributed by atoms with E-state index in [9.17, 15) is 0 Å². The Bertz CT molecular complexity index is 27.0. The summed E-state index contributed by atoms with van der Waals surface area (Å²) in [5.41, 5.74) is 0. The van der Waals surface area contributed by atoms with Gasteiger partial charge >= 0.3 is 51.5 Å². The third kappa shape index (κ3) is 11.0. The van der Waals surface area contributed by atoms with Crippen LogP contribution < -0.4 is 0 Å². The Hall–Kier alpha value is 1.15. The molecule has 2 nitrogen and oxygen atoms in total. The summed E-state index contributed by atoms with van der Waals surface area (Å²) in [6.07, 6.45) is 0. The van der Waals surface area contributed by atoms with E-state index in [1.165, 1.54) is 0 Å². The first-order valence-corrected chi connectivity index (χ1v) is 3.00. The molecule has 0 aromatic rings. The first-order valence-electron chi connectivity index (χ1n) is 0.577. The van der Waals surface area contributed by atoms with Gasteiger partial charge in [-0.15, -0.1) is 0 Å². The Morgan fingerprint density at radius 1 is 1.25 bits per heavy atom. The van der Waals surface area contributed by atoms with Crippen LogP contribution in [-0.4, -0.2) is 27.3 Å². The zero-order valence-electron chi connectivity index (χ0n) is 2.23. The quantitative estimate of drug-likeness (QED) is 0.529. The molecule has 0 spiro atoms. The van der Waals surface area contributed by atoms with E-state index in [0.717, 1.165) is 0 Å². The van der Waals surface area contributed by atoms with Crippen molar-refractivity contribution in [3.63, 3.8) is 0 Å². The second-order valence-corrected chi connectivity index (χ2v) is 0.612. The summed E-state index contributed by atoms with van der Waals surface area (Å²) in [6.45, 7) is 0. The van der Waals surface area contributed by atoms with E-state index in [-0.39, 0.29) is 27.3 Å². The van der Waals surface area contributed by atoms with Gasteiger partial charge in [-0.25, -0.2) is 0 Å². The molecular weight excluding hydrogens is 305 g/mol. The van der Waals surface area contributed by atoms with Gasteiger partial charge in [0.15, 0.2) is 0 Å². The molecule has 0 aromatic carbocycles. The monoisotopic (exact) mass is 306 g/mol. The molecule has 2 radical (unpaired) electrons. The summed E-state index contributed by atoms with van der Waals surface area (Å²) in [6, 6.07) is 0. The molecule has 0 unspecified atom stereocenters. The van der Waals surface area contributed by atoms with Crippen LogP contribution >= 0.6 is 0 Å². The standard InChI is InChI=1S/2O.Pb.Zn.2H. The van der Waals surface area contributed by atoms with Crippen molar-refractivity contribution >= 4 is 27.3 Å². The Labute approximate surface area is 51.2 Å². The molecule has 0 aromatic heterocycles. The van der Waals surface area contributed by atoms with Crippen LogP contribution in [0.25, 0.3) is 0 Å². The number of hydrogen-bond donors (Lipinski definition) is 0. The molecule has 0 amide bonds. The summed E-state index contributed by atoms with van der Waals surface area (Å²) >= 11 is -2.38. The minimum absolute atomic E-state index is 0. The van der Waals surface area contributed by atoms with Gasteiger partial charge in [0, 0.05) is 0 Å². The van der Waals surface area contributed by atoms with Crippen LogP contribution in [-0.2, 0) is 24.2 Å². The van der Waals surface area contributed by atoms with Crippen LogP contribution in [0.4, 0.5) is 0 Å². The van der Waals surface area contributed by atoms with Crippen LogP contribution in [0.5, 0.6) is 0 Å². The SMILES string of the molecule is [O]=[Zn]=[O].[PbH2]. The van der Waals surface area contributed by atoms with Crippen LogP contribution in [0.2, 0.25) is 0 Å². The first kappa shape index (κ1) is 8.94. The van der Waals surface area contributed by atoms with Gasteiger partial charge in [-0.2, -0.15) is 0 Å². The van der Waals surface area contributed by atoms with Gasteiger partial charge in [0.2, 0.25) is 0 Å². The van der Waals surface area contributed by atoms with Crippen molar-refractivity contribution in [2.45, 2.75) is 0 Å². The maximum atomic E-state index is 8.56. The minimum atomic E-state index is -2.38. The molecule has 20 valence electrons. The summed E-state index contributed by atoms with van der Waals surface area (Å²) in [5.74, 6) is 0. The molecule has 0 aliphatic rings. The van der Waals surface area contributed by atoms with Crippen molar-refractivity contribution in [2.24, 2.45) is 0 Å². The van der Waals surface area contributed by atoms with Crippen LogP contribution in [0.3, 0.4) is 0 Å². The van der Waals surface area contributed by atoms with Crippen molar-refractivity contribution < 1.29 is 24.2 Å². The molecule has 0 atom stereocenters. The molecule has 4 heavy (non-hydrogen) atoms. The van der Waals surface area contributed by atoms with Gasteiger partial charge < -0.3 is 0 Å². The van der Waals surface area contributed by atoms with Gasteiger partial charge in [0.05, 0.1) is 0 Å². The van der Waals surface area contributed by atoms with Crippen LogP contribution in [0.1, 0.15) is 0 Å². The number of rotatable bonds is 0. The van der Waals surface area contributed by atoms with Crippen molar-refractivity contribution in [1.29, 1.82) is 0 Å². The molecule has 0 bridgehead atoms. The molecule has 0 heterocycles. The van der Waals surface area contributed by atoms with E-state index in [2.05, 4.69) is 0 Å². The second kappa shape index (κ2) is 8.91. The third-order valence-electron chi connectivity index (χ3n) is 0. The van der Waals surface area contributed by atoms with Crippen molar-refractivity contribution in [2.75, 3.05) is 0 Å². The van der Waals surface area contributed by atoms with Crippen molar-refractivity contribution in [3.05, 3.63) is 0 Å². The molecule has 0 fully saturated rings.